The molecule has 0 bridgehead atoms. The van der Waals surface area contributed by atoms with Crippen LogP contribution in [0.2, 0.25) is 10.0 Å². The van der Waals surface area contributed by atoms with Crippen LogP contribution in [0.1, 0.15) is 17.3 Å². The predicted octanol–water partition coefficient (Wildman–Crippen LogP) is 3.05. The Hall–Kier alpha value is -0.530. The van der Waals surface area contributed by atoms with Gasteiger partial charge >= 0.3 is 5.97 Å². The average Bonchev–Trinajstić information content (AvgIpc) is 2.29. The fraction of sp³-hybridized carbons (Fsp3) is 0.273. The van der Waals surface area contributed by atoms with Crippen molar-refractivity contribution in [1.82, 2.24) is 5.32 Å². The minimum atomic E-state index is -0.964. The Bertz CT molecular complexity index is 493. The first-order valence-corrected chi connectivity index (χ1v) is 6.82. The van der Waals surface area contributed by atoms with Crippen LogP contribution in [0.25, 0.3) is 0 Å². The second-order valence-electron chi connectivity index (χ2n) is 3.70. The van der Waals surface area contributed by atoms with Crippen molar-refractivity contribution in [1.29, 1.82) is 0 Å². The maximum Gasteiger partial charge on any atom is 0.308 e. The molecule has 0 heterocycles. The van der Waals surface area contributed by atoms with E-state index in [0.29, 0.717) is 19.2 Å². The molecule has 0 aliphatic carbocycles. The number of halogens is 3. The minimum absolute atomic E-state index is 0.0500. The quantitative estimate of drug-likeness (QED) is 0.601. The van der Waals surface area contributed by atoms with Gasteiger partial charge in [0.1, 0.15) is 0 Å². The van der Waals surface area contributed by atoms with Crippen molar-refractivity contribution in [3.63, 3.8) is 0 Å². The van der Waals surface area contributed by atoms with Crippen LogP contribution in [0.3, 0.4) is 0 Å². The first-order valence-electron chi connectivity index (χ1n) is 4.98. The Kier molecular flexibility index (Phi) is 5.68. The van der Waals surface area contributed by atoms with Gasteiger partial charge in [0.15, 0.2) is 0 Å². The molecular formula is C11H10Cl2INO3. The summed E-state index contributed by atoms with van der Waals surface area (Å²) in [6, 6.07) is 3.04. The van der Waals surface area contributed by atoms with Gasteiger partial charge in [-0.05, 0) is 34.7 Å². The standard InChI is InChI=1S/C11H10Cl2INO3/c1-5(11(17)18)4-15-10(16)7-2-6(12)3-8(13)9(7)14/h2-3,5H,4H2,1H3,(H,15,16)(H,17,18). The third kappa shape index (κ3) is 4.00. The summed E-state index contributed by atoms with van der Waals surface area (Å²) in [7, 11) is 0. The van der Waals surface area contributed by atoms with E-state index in [1.165, 1.54) is 13.0 Å². The van der Waals surface area contributed by atoms with Crippen molar-refractivity contribution in [3.8, 4) is 0 Å². The number of aliphatic carboxylic acids is 1. The molecule has 1 aromatic carbocycles. The maximum absolute atomic E-state index is 11.9. The van der Waals surface area contributed by atoms with Crippen LogP contribution in [-0.4, -0.2) is 23.5 Å². The predicted molar refractivity (Wildman–Crippen MR) is 78.3 cm³/mol. The first kappa shape index (κ1) is 15.5. The van der Waals surface area contributed by atoms with Crippen molar-refractivity contribution in [2.45, 2.75) is 6.92 Å². The highest BCUT2D eigenvalue weighted by molar-refractivity contribution is 14.1. The smallest absolute Gasteiger partial charge is 0.308 e. The SMILES string of the molecule is CC(CNC(=O)c1cc(Cl)cc(Cl)c1I)C(=O)O. The summed E-state index contributed by atoms with van der Waals surface area (Å²) in [5.41, 5.74) is 0.339. The third-order valence-electron chi connectivity index (χ3n) is 2.23. The van der Waals surface area contributed by atoms with Gasteiger partial charge in [0.25, 0.3) is 5.91 Å². The number of benzene rings is 1. The summed E-state index contributed by atoms with van der Waals surface area (Å²) in [5, 5.41) is 12.0. The monoisotopic (exact) mass is 401 g/mol. The van der Waals surface area contributed by atoms with Crippen LogP contribution in [0.15, 0.2) is 12.1 Å². The van der Waals surface area contributed by atoms with Gasteiger partial charge in [0, 0.05) is 15.1 Å². The van der Waals surface area contributed by atoms with E-state index in [4.69, 9.17) is 28.3 Å². The van der Waals surface area contributed by atoms with Gasteiger partial charge in [-0.25, -0.2) is 0 Å². The van der Waals surface area contributed by atoms with Crippen LogP contribution in [0, 0.1) is 9.49 Å². The molecule has 0 spiro atoms. The van der Waals surface area contributed by atoms with E-state index >= 15 is 0 Å². The van der Waals surface area contributed by atoms with Crippen LogP contribution in [0.4, 0.5) is 0 Å². The van der Waals surface area contributed by atoms with Crippen molar-refractivity contribution in [2.75, 3.05) is 6.54 Å². The summed E-state index contributed by atoms with van der Waals surface area (Å²) in [6.07, 6.45) is 0. The summed E-state index contributed by atoms with van der Waals surface area (Å²) in [6.45, 7) is 1.56. The molecule has 0 aromatic heterocycles. The lowest BCUT2D eigenvalue weighted by Gasteiger charge is -2.10. The zero-order chi connectivity index (χ0) is 13.9. The number of amides is 1. The second kappa shape index (κ2) is 6.58. The van der Waals surface area contributed by atoms with Gasteiger partial charge in [0.05, 0.1) is 16.5 Å². The molecule has 2 N–H and O–H groups in total. The lowest BCUT2D eigenvalue weighted by Crippen LogP contribution is -2.31. The van der Waals surface area contributed by atoms with Crippen molar-refractivity contribution in [3.05, 3.63) is 31.3 Å². The number of carbonyl (C=O) groups is 2. The van der Waals surface area contributed by atoms with Crippen LogP contribution in [0.5, 0.6) is 0 Å². The highest BCUT2D eigenvalue weighted by Gasteiger charge is 2.16. The molecule has 0 saturated heterocycles. The molecule has 0 radical (unpaired) electrons. The Balaban J connectivity index is 2.82. The summed E-state index contributed by atoms with van der Waals surface area (Å²) < 4.78 is 0.583. The zero-order valence-electron chi connectivity index (χ0n) is 9.34. The number of hydrogen-bond acceptors (Lipinski definition) is 2. The Morgan fingerprint density at radius 2 is 2.06 bits per heavy atom. The van der Waals surface area contributed by atoms with Crippen molar-refractivity contribution < 1.29 is 14.7 Å². The summed E-state index contributed by atoms with van der Waals surface area (Å²) in [4.78, 5) is 22.5. The van der Waals surface area contributed by atoms with Crippen LogP contribution >= 0.6 is 45.8 Å². The topological polar surface area (TPSA) is 66.4 Å². The zero-order valence-corrected chi connectivity index (χ0v) is 13.0. The minimum Gasteiger partial charge on any atom is -0.481 e. The van der Waals surface area contributed by atoms with E-state index in [9.17, 15) is 9.59 Å². The van der Waals surface area contributed by atoms with Gasteiger partial charge in [0.2, 0.25) is 0 Å². The molecule has 98 valence electrons. The van der Waals surface area contributed by atoms with Gasteiger partial charge in [-0.1, -0.05) is 30.1 Å². The molecule has 1 aromatic rings. The molecule has 1 amide bonds. The largest absolute Gasteiger partial charge is 0.481 e. The molecular weight excluding hydrogens is 392 g/mol. The van der Waals surface area contributed by atoms with Gasteiger partial charge in [-0.3, -0.25) is 9.59 Å². The van der Waals surface area contributed by atoms with Gasteiger partial charge < -0.3 is 10.4 Å². The Labute approximate surface area is 128 Å². The average molecular weight is 402 g/mol. The number of hydrogen-bond donors (Lipinski definition) is 2. The molecule has 0 aliphatic rings. The molecule has 1 rings (SSSR count). The molecule has 0 aliphatic heterocycles. The summed E-state index contributed by atoms with van der Waals surface area (Å²) in [5.74, 6) is -2.01. The number of carboxylic acid groups (broad SMARTS) is 1. The van der Waals surface area contributed by atoms with E-state index in [1.807, 2.05) is 22.6 Å². The number of carbonyl (C=O) groups excluding carboxylic acids is 1. The lowest BCUT2D eigenvalue weighted by molar-refractivity contribution is -0.140. The lowest BCUT2D eigenvalue weighted by atomic mass is 10.1. The van der Waals surface area contributed by atoms with Crippen molar-refractivity contribution >= 4 is 57.7 Å². The molecule has 0 fully saturated rings. The van der Waals surface area contributed by atoms with E-state index < -0.39 is 17.8 Å². The number of nitrogens with one attached hydrogen (secondary N) is 1. The van der Waals surface area contributed by atoms with Crippen molar-refractivity contribution in [2.24, 2.45) is 5.92 Å². The second-order valence-corrected chi connectivity index (χ2v) is 5.62. The van der Waals surface area contributed by atoms with Gasteiger partial charge in [-0.2, -0.15) is 0 Å². The normalized spacial score (nSPS) is 12.0. The van der Waals surface area contributed by atoms with Gasteiger partial charge in [-0.15, -0.1) is 0 Å². The van der Waals surface area contributed by atoms with Crippen LogP contribution < -0.4 is 5.32 Å². The van der Waals surface area contributed by atoms with Crippen LogP contribution in [-0.2, 0) is 4.79 Å². The first-order chi connectivity index (χ1) is 8.32. The fourth-order valence-corrected chi connectivity index (χ4v) is 2.20. The summed E-state index contributed by atoms with van der Waals surface area (Å²) >= 11 is 13.7. The Morgan fingerprint density at radius 3 is 2.61 bits per heavy atom. The molecule has 7 heteroatoms. The highest BCUT2D eigenvalue weighted by atomic mass is 127. The number of rotatable bonds is 4. The fourth-order valence-electron chi connectivity index (χ4n) is 1.15. The Morgan fingerprint density at radius 1 is 1.44 bits per heavy atom. The third-order valence-corrected chi connectivity index (χ3v) is 4.23. The molecule has 1 atom stereocenters. The molecule has 4 nitrogen and oxygen atoms in total. The highest BCUT2D eigenvalue weighted by Crippen LogP contribution is 2.26. The molecule has 1 unspecified atom stereocenters. The maximum atomic E-state index is 11.9. The molecule has 18 heavy (non-hydrogen) atoms. The van der Waals surface area contributed by atoms with E-state index in [1.54, 1.807) is 6.07 Å². The van der Waals surface area contributed by atoms with E-state index in [2.05, 4.69) is 5.32 Å². The molecule has 0 saturated carbocycles. The van der Waals surface area contributed by atoms with E-state index in [-0.39, 0.29) is 6.54 Å². The number of carboxylic acids is 1. The van der Waals surface area contributed by atoms with E-state index in [0.717, 1.165) is 0 Å².